The molecule has 174 valence electrons. The van der Waals surface area contributed by atoms with Gasteiger partial charge in [-0.15, -0.1) is 0 Å². The molecule has 3 aromatic rings. The van der Waals surface area contributed by atoms with E-state index in [9.17, 15) is 9.59 Å². The van der Waals surface area contributed by atoms with E-state index in [-0.39, 0.29) is 17.7 Å². The smallest absolute Gasteiger partial charge is 0.282 e. The molecule has 0 saturated heterocycles. The van der Waals surface area contributed by atoms with Gasteiger partial charge in [0.1, 0.15) is 17.2 Å². The van der Waals surface area contributed by atoms with Gasteiger partial charge in [0.2, 0.25) is 0 Å². The van der Waals surface area contributed by atoms with Gasteiger partial charge in [-0.1, -0.05) is 29.8 Å². The standard InChI is InChI=1S/C28H28N2O4/c1-5-33-23-16-10-21(11-17-23)29-26-25(20-8-14-24(15-9-20)34-18(2)3)27(31)30(28(26)32)22-12-6-19(4)7-13-22/h6-18,29H,5H2,1-4H3. The zero-order chi connectivity index (χ0) is 24.2. The molecule has 2 amide bonds. The van der Waals surface area contributed by atoms with Crippen LogP contribution < -0.4 is 19.7 Å². The zero-order valence-electron chi connectivity index (χ0n) is 19.8. The van der Waals surface area contributed by atoms with Gasteiger partial charge in [-0.25, -0.2) is 4.90 Å². The molecule has 1 N–H and O–H groups in total. The summed E-state index contributed by atoms with van der Waals surface area (Å²) in [6, 6.07) is 21.8. The van der Waals surface area contributed by atoms with Crippen molar-refractivity contribution in [1.29, 1.82) is 0 Å². The molecule has 0 fully saturated rings. The Morgan fingerprint density at radius 2 is 1.44 bits per heavy atom. The maximum absolute atomic E-state index is 13.6. The van der Waals surface area contributed by atoms with Crippen LogP contribution in [0.2, 0.25) is 0 Å². The molecule has 34 heavy (non-hydrogen) atoms. The van der Waals surface area contributed by atoms with Crippen molar-refractivity contribution in [3.63, 3.8) is 0 Å². The van der Waals surface area contributed by atoms with E-state index in [1.807, 2.05) is 76.2 Å². The van der Waals surface area contributed by atoms with E-state index in [0.29, 0.717) is 34.9 Å². The van der Waals surface area contributed by atoms with Crippen LogP contribution in [0.5, 0.6) is 11.5 Å². The van der Waals surface area contributed by atoms with Gasteiger partial charge in [0, 0.05) is 5.69 Å². The maximum Gasteiger partial charge on any atom is 0.282 e. The average molecular weight is 457 g/mol. The first-order chi connectivity index (χ1) is 16.4. The number of amides is 2. The third-order valence-corrected chi connectivity index (χ3v) is 5.33. The van der Waals surface area contributed by atoms with Gasteiger partial charge in [0.05, 0.1) is 24.0 Å². The quantitative estimate of drug-likeness (QED) is 0.449. The predicted octanol–water partition coefficient (Wildman–Crippen LogP) is 5.58. The van der Waals surface area contributed by atoms with Crippen LogP contribution in [0.15, 0.2) is 78.5 Å². The summed E-state index contributed by atoms with van der Waals surface area (Å²) in [5.74, 6) is 0.658. The summed E-state index contributed by atoms with van der Waals surface area (Å²) in [6.07, 6.45) is 0.0358. The van der Waals surface area contributed by atoms with Crippen LogP contribution in [0.25, 0.3) is 5.57 Å². The molecule has 1 heterocycles. The van der Waals surface area contributed by atoms with Crippen LogP contribution in [-0.2, 0) is 9.59 Å². The highest BCUT2D eigenvalue weighted by Gasteiger charge is 2.40. The number of hydrogen-bond acceptors (Lipinski definition) is 5. The van der Waals surface area contributed by atoms with E-state index in [4.69, 9.17) is 9.47 Å². The van der Waals surface area contributed by atoms with Gasteiger partial charge < -0.3 is 14.8 Å². The van der Waals surface area contributed by atoms with Gasteiger partial charge >= 0.3 is 0 Å². The largest absolute Gasteiger partial charge is 0.494 e. The molecule has 0 atom stereocenters. The van der Waals surface area contributed by atoms with Crippen LogP contribution in [0.3, 0.4) is 0 Å². The lowest BCUT2D eigenvalue weighted by Gasteiger charge is -2.15. The number of ether oxygens (including phenoxy) is 2. The number of carbonyl (C=O) groups is 2. The maximum atomic E-state index is 13.6. The van der Waals surface area contributed by atoms with Gasteiger partial charge in [-0.05, 0) is 81.8 Å². The van der Waals surface area contributed by atoms with Crippen LogP contribution >= 0.6 is 0 Å². The monoisotopic (exact) mass is 456 g/mol. The molecule has 0 spiro atoms. The van der Waals surface area contributed by atoms with Crippen LogP contribution in [0.4, 0.5) is 11.4 Å². The van der Waals surface area contributed by atoms with E-state index in [2.05, 4.69) is 5.32 Å². The first kappa shape index (κ1) is 23.1. The normalized spacial score (nSPS) is 13.6. The SMILES string of the molecule is CCOc1ccc(NC2=C(c3ccc(OC(C)C)cc3)C(=O)N(c3ccc(C)cc3)C2=O)cc1. The van der Waals surface area contributed by atoms with Crippen LogP contribution in [-0.4, -0.2) is 24.5 Å². The molecule has 6 nitrogen and oxygen atoms in total. The van der Waals surface area contributed by atoms with Crippen molar-refractivity contribution in [2.75, 3.05) is 16.8 Å². The summed E-state index contributed by atoms with van der Waals surface area (Å²) in [7, 11) is 0. The topological polar surface area (TPSA) is 67.9 Å². The molecule has 6 heteroatoms. The molecule has 1 aliphatic heterocycles. The highest BCUT2D eigenvalue weighted by molar-refractivity contribution is 6.46. The van der Waals surface area contributed by atoms with Crippen molar-refractivity contribution in [2.24, 2.45) is 0 Å². The Labute approximate surface area is 199 Å². The average Bonchev–Trinajstić information content (AvgIpc) is 3.05. The zero-order valence-corrected chi connectivity index (χ0v) is 19.8. The van der Waals surface area contributed by atoms with Crippen molar-refractivity contribution in [2.45, 2.75) is 33.8 Å². The molecule has 0 saturated carbocycles. The Bertz CT molecular complexity index is 1210. The van der Waals surface area contributed by atoms with Crippen molar-refractivity contribution < 1.29 is 19.1 Å². The Morgan fingerprint density at radius 1 is 0.824 bits per heavy atom. The number of anilines is 2. The molecule has 0 radical (unpaired) electrons. The number of aryl methyl sites for hydroxylation is 1. The number of carbonyl (C=O) groups excluding carboxylic acids is 2. The first-order valence-electron chi connectivity index (χ1n) is 11.3. The van der Waals surface area contributed by atoms with Crippen molar-refractivity contribution in [3.8, 4) is 11.5 Å². The third-order valence-electron chi connectivity index (χ3n) is 5.33. The minimum atomic E-state index is -0.403. The molecule has 4 rings (SSSR count). The third kappa shape index (κ3) is 4.81. The van der Waals surface area contributed by atoms with Crippen molar-refractivity contribution in [1.82, 2.24) is 0 Å². The second kappa shape index (κ2) is 9.83. The second-order valence-corrected chi connectivity index (χ2v) is 8.30. The fourth-order valence-corrected chi connectivity index (χ4v) is 3.76. The van der Waals surface area contributed by atoms with E-state index < -0.39 is 5.91 Å². The fraction of sp³-hybridized carbons (Fsp3) is 0.214. The number of hydrogen-bond donors (Lipinski definition) is 1. The molecule has 3 aromatic carbocycles. The lowest BCUT2D eigenvalue weighted by Crippen LogP contribution is -2.32. The Hall–Kier alpha value is -4.06. The summed E-state index contributed by atoms with van der Waals surface area (Å²) >= 11 is 0. The fourth-order valence-electron chi connectivity index (χ4n) is 3.76. The molecule has 1 aliphatic rings. The Morgan fingerprint density at radius 3 is 2.03 bits per heavy atom. The van der Waals surface area contributed by atoms with Crippen LogP contribution in [0.1, 0.15) is 31.9 Å². The Kier molecular flexibility index (Phi) is 6.68. The minimum Gasteiger partial charge on any atom is -0.494 e. The first-order valence-corrected chi connectivity index (χ1v) is 11.3. The van der Waals surface area contributed by atoms with Crippen molar-refractivity contribution in [3.05, 3.63) is 89.6 Å². The molecule has 0 aromatic heterocycles. The molecule has 0 aliphatic carbocycles. The van der Waals surface area contributed by atoms with E-state index in [0.717, 1.165) is 11.3 Å². The number of benzene rings is 3. The summed E-state index contributed by atoms with van der Waals surface area (Å²) in [5.41, 5.74) is 3.44. The van der Waals surface area contributed by atoms with Gasteiger partial charge in [-0.3, -0.25) is 9.59 Å². The lowest BCUT2D eigenvalue weighted by molar-refractivity contribution is -0.120. The van der Waals surface area contributed by atoms with Crippen molar-refractivity contribution >= 4 is 28.8 Å². The molecule has 0 bridgehead atoms. The number of nitrogens with one attached hydrogen (secondary N) is 1. The van der Waals surface area contributed by atoms with Crippen LogP contribution in [0, 0.1) is 6.92 Å². The highest BCUT2D eigenvalue weighted by Crippen LogP contribution is 2.34. The van der Waals surface area contributed by atoms with Gasteiger partial charge in [0.25, 0.3) is 11.8 Å². The summed E-state index contributed by atoms with van der Waals surface area (Å²) in [6.45, 7) is 8.35. The summed E-state index contributed by atoms with van der Waals surface area (Å²) in [5, 5.41) is 3.18. The predicted molar refractivity (Wildman–Crippen MR) is 134 cm³/mol. The number of imide groups is 1. The van der Waals surface area contributed by atoms with Gasteiger partial charge in [-0.2, -0.15) is 0 Å². The lowest BCUT2D eigenvalue weighted by atomic mass is 10.0. The van der Waals surface area contributed by atoms with E-state index in [1.165, 1.54) is 4.90 Å². The molecular weight excluding hydrogens is 428 g/mol. The highest BCUT2D eigenvalue weighted by atomic mass is 16.5. The summed E-state index contributed by atoms with van der Waals surface area (Å²) < 4.78 is 11.2. The number of nitrogens with zero attached hydrogens (tertiary/aromatic N) is 1. The van der Waals surface area contributed by atoms with E-state index in [1.54, 1.807) is 24.3 Å². The molecule has 0 unspecified atom stereocenters. The van der Waals surface area contributed by atoms with E-state index >= 15 is 0 Å². The molecular formula is C28H28N2O4. The number of rotatable bonds is 8. The Balaban J connectivity index is 1.73. The minimum absolute atomic E-state index is 0.0358. The van der Waals surface area contributed by atoms with Gasteiger partial charge in [0.15, 0.2) is 0 Å². The second-order valence-electron chi connectivity index (χ2n) is 8.30. The summed E-state index contributed by atoms with van der Waals surface area (Å²) in [4.78, 5) is 28.3.